The molecule has 3 nitrogen and oxygen atoms in total. The molecule has 2 rings (SSSR count). The van der Waals surface area contributed by atoms with Crippen LogP contribution in [0.3, 0.4) is 0 Å². The molecule has 0 radical (unpaired) electrons. The Hall–Kier alpha value is -1.29. The van der Waals surface area contributed by atoms with Crippen LogP contribution in [0.25, 0.3) is 10.9 Å². The highest BCUT2D eigenvalue weighted by molar-refractivity contribution is 9.10. The molecule has 4 heteroatoms. The molecule has 0 amide bonds. The number of methoxy groups -OCH3 is 1. The molecule has 2 aromatic rings. The zero-order chi connectivity index (χ0) is 12.4. The molecule has 0 fully saturated rings. The molecule has 0 bridgehead atoms. The average molecular weight is 296 g/mol. The van der Waals surface area contributed by atoms with Gasteiger partial charge in [-0.3, -0.25) is 4.79 Å². The molecular formula is C13H14BrNO2. The average Bonchev–Trinajstić information content (AvgIpc) is 2.29. The third-order valence-corrected chi connectivity index (χ3v) is 3.35. The second-order valence-corrected chi connectivity index (χ2v) is 4.76. The Bertz CT molecular complexity index is 604. The number of pyridine rings is 1. The number of fused-ring (bicyclic) bond motifs is 1. The first kappa shape index (κ1) is 12.2. The summed E-state index contributed by atoms with van der Waals surface area (Å²) in [6, 6.07) is 5.34. The minimum atomic E-state index is 0.0213. The smallest absolute Gasteiger partial charge is 0.190 e. The number of aromatic nitrogens is 1. The lowest BCUT2D eigenvalue weighted by molar-refractivity contribution is 0.418. The van der Waals surface area contributed by atoms with Gasteiger partial charge >= 0.3 is 0 Å². The van der Waals surface area contributed by atoms with Gasteiger partial charge in [-0.15, -0.1) is 0 Å². The van der Waals surface area contributed by atoms with Crippen LogP contribution in [0.15, 0.2) is 27.5 Å². The van der Waals surface area contributed by atoms with Crippen LogP contribution in [0.5, 0.6) is 5.75 Å². The van der Waals surface area contributed by atoms with Crippen molar-refractivity contribution in [3.63, 3.8) is 0 Å². The summed E-state index contributed by atoms with van der Waals surface area (Å²) in [7, 11) is 1.60. The number of rotatable bonds is 3. The van der Waals surface area contributed by atoms with E-state index in [2.05, 4.69) is 27.8 Å². The van der Waals surface area contributed by atoms with E-state index in [0.717, 1.165) is 28.5 Å². The van der Waals surface area contributed by atoms with E-state index in [9.17, 15) is 4.79 Å². The Kier molecular flexibility index (Phi) is 3.52. The first-order valence-corrected chi connectivity index (χ1v) is 6.35. The third-order valence-electron chi connectivity index (χ3n) is 2.69. The van der Waals surface area contributed by atoms with E-state index in [1.807, 2.05) is 12.1 Å². The molecule has 0 spiro atoms. The number of hydrogen-bond donors (Lipinski definition) is 1. The largest absolute Gasteiger partial charge is 0.495 e. The fourth-order valence-electron chi connectivity index (χ4n) is 1.92. The topological polar surface area (TPSA) is 42.1 Å². The number of aromatic amines is 1. The SMILES string of the molecule is CCCc1cc(=O)c2c(Br)ccc(OC)c2[nH]1. The fraction of sp³-hybridized carbons (Fsp3) is 0.308. The van der Waals surface area contributed by atoms with Crippen LogP contribution in [0, 0.1) is 0 Å². The number of H-pyrrole nitrogens is 1. The van der Waals surface area contributed by atoms with Gasteiger partial charge in [-0.05, 0) is 34.5 Å². The van der Waals surface area contributed by atoms with Crippen molar-refractivity contribution in [2.24, 2.45) is 0 Å². The molecular weight excluding hydrogens is 282 g/mol. The van der Waals surface area contributed by atoms with Crippen LogP contribution >= 0.6 is 15.9 Å². The Balaban J connectivity index is 2.80. The number of nitrogens with one attached hydrogen (secondary N) is 1. The van der Waals surface area contributed by atoms with Gasteiger partial charge in [0, 0.05) is 16.2 Å². The van der Waals surface area contributed by atoms with Crippen LogP contribution in [0.2, 0.25) is 0 Å². The van der Waals surface area contributed by atoms with Gasteiger partial charge in [0.15, 0.2) is 5.43 Å². The molecule has 0 unspecified atom stereocenters. The monoisotopic (exact) mass is 295 g/mol. The summed E-state index contributed by atoms with van der Waals surface area (Å²) < 4.78 is 6.07. The predicted molar refractivity (Wildman–Crippen MR) is 72.8 cm³/mol. The van der Waals surface area contributed by atoms with E-state index in [0.29, 0.717) is 11.1 Å². The van der Waals surface area contributed by atoms with Crippen LogP contribution in [-0.2, 0) is 6.42 Å². The minimum Gasteiger partial charge on any atom is -0.495 e. The number of hydrogen-bond acceptors (Lipinski definition) is 2. The van der Waals surface area contributed by atoms with E-state index in [1.165, 1.54) is 0 Å². The van der Waals surface area contributed by atoms with Gasteiger partial charge in [0.25, 0.3) is 0 Å². The summed E-state index contributed by atoms with van der Waals surface area (Å²) in [6.45, 7) is 2.08. The molecule has 0 saturated heterocycles. The second-order valence-electron chi connectivity index (χ2n) is 3.91. The van der Waals surface area contributed by atoms with E-state index < -0.39 is 0 Å². The lowest BCUT2D eigenvalue weighted by atomic mass is 10.1. The molecule has 1 aromatic heterocycles. The fourth-order valence-corrected chi connectivity index (χ4v) is 2.45. The highest BCUT2D eigenvalue weighted by Crippen LogP contribution is 2.28. The van der Waals surface area contributed by atoms with Crippen molar-refractivity contribution in [1.82, 2.24) is 4.98 Å². The van der Waals surface area contributed by atoms with Crippen molar-refractivity contribution in [3.05, 3.63) is 38.6 Å². The zero-order valence-electron chi connectivity index (χ0n) is 9.84. The van der Waals surface area contributed by atoms with Crippen molar-refractivity contribution in [3.8, 4) is 5.75 Å². The second kappa shape index (κ2) is 4.92. The molecule has 0 aliphatic heterocycles. The van der Waals surface area contributed by atoms with Crippen LogP contribution in [0.1, 0.15) is 19.0 Å². The lowest BCUT2D eigenvalue weighted by Crippen LogP contribution is -2.06. The molecule has 0 aliphatic carbocycles. The van der Waals surface area contributed by atoms with Crippen LogP contribution < -0.4 is 10.2 Å². The van der Waals surface area contributed by atoms with E-state index in [1.54, 1.807) is 13.2 Å². The predicted octanol–water partition coefficient (Wildman–Crippen LogP) is 3.25. The van der Waals surface area contributed by atoms with Gasteiger partial charge in [0.05, 0.1) is 18.0 Å². The highest BCUT2D eigenvalue weighted by atomic mass is 79.9. The van der Waals surface area contributed by atoms with Gasteiger partial charge < -0.3 is 9.72 Å². The maximum atomic E-state index is 12.1. The lowest BCUT2D eigenvalue weighted by Gasteiger charge is -2.08. The van der Waals surface area contributed by atoms with E-state index in [4.69, 9.17) is 4.74 Å². The normalized spacial score (nSPS) is 10.8. The number of halogens is 1. The Morgan fingerprint density at radius 2 is 2.18 bits per heavy atom. The Labute approximate surface area is 108 Å². The van der Waals surface area contributed by atoms with Crippen molar-refractivity contribution >= 4 is 26.8 Å². The van der Waals surface area contributed by atoms with Crippen molar-refractivity contribution in [1.29, 1.82) is 0 Å². The molecule has 1 aromatic carbocycles. The number of ether oxygens (including phenoxy) is 1. The summed E-state index contributed by atoms with van der Waals surface area (Å²) in [5.74, 6) is 0.693. The quantitative estimate of drug-likeness (QED) is 0.944. The van der Waals surface area contributed by atoms with E-state index >= 15 is 0 Å². The van der Waals surface area contributed by atoms with Crippen LogP contribution in [-0.4, -0.2) is 12.1 Å². The Morgan fingerprint density at radius 1 is 1.41 bits per heavy atom. The first-order chi connectivity index (χ1) is 8.17. The summed E-state index contributed by atoms with van der Waals surface area (Å²) >= 11 is 3.40. The molecule has 0 atom stereocenters. The maximum absolute atomic E-state index is 12.1. The van der Waals surface area contributed by atoms with Gasteiger partial charge in [0.2, 0.25) is 0 Å². The molecule has 1 heterocycles. The maximum Gasteiger partial charge on any atom is 0.190 e. The first-order valence-electron chi connectivity index (χ1n) is 5.55. The van der Waals surface area contributed by atoms with Crippen molar-refractivity contribution < 1.29 is 4.74 Å². The molecule has 90 valence electrons. The summed E-state index contributed by atoms with van der Waals surface area (Å²) in [6.07, 6.45) is 1.86. The van der Waals surface area contributed by atoms with Gasteiger partial charge in [0.1, 0.15) is 5.75 Å². The van der Waals surface area contributed by atoms with Gasteiger partial charge in [-0.2, -0.15) is 0 Å². The van der Waals surface area contributed by atoms with Crippen molar-refractivity contribution in [2.75, 3.05) is 7.11 Å². The molecule has 0 saturated carbocycles. The minimum absolute atomic E-state index is 0.0213. The third kappa shape index (κ3) is 2.22. The molecule has 17 heavy (non-hydrogen) atoms. The summed E-state index contributed by atoms with van der Waals surface area (Å²) in [4.78, 5) is 15.3. The summed E-state index contributed by atoms with van der Waals surface area (Å²) in [5, 5.41) is 0.643. The molecule has 1 N–H and O–H groups in total. The zero-order valence-corrected chi connectivity index (χ0v) is 11.4. The van der Waals surface area contributed by atoms with Crippen LogP contribution in [0.4, 0.5) is 0 Å². The number of aryl methyl sites for hydroxylation is 1. The standard InChI is InChI=1S/C13H14BrNO2/c1-3-4-8-7-10(16)12-9(14)5-6-11(17-2)13(12)15-8/h5-7H,3-4H2,1-2H3,(H,15,16). The van der Waals surface area contributed by atoms with Crippen molar-refractivity contribution in [2.45, 2.75) is 19.8 Å². The summed E-state index contributed by atoms with van der Waals surface area (Å²) in [5.41, 5.74) is 1.73. The van der Waals surface area contributed by atoms with Gasteiger partial charge in [-0.25, -0.2) is 0 Å². The Morgan fingerprint density at radius 3 is 2.82 bits per heavy atom. The van der Waals surface area contributed by atoms with Gasteiger partial charge in [-0.1, -0.05) is 13.3 Å². The van der Waals surface area contributed by atoms with E-state index in [-0.39, 0.29) is 5.43 Å². The molecule has 0 aliphatic rings. The highest BCUT2D eigenvalue weighted by Gasteiger charge is 2.10. The number of benzene rings is 1.